The fourth-order valence-electron chi connectivity index (χ4n) is 4.53. The number of hydrogen-bond acceptors (Lipinski definition) is 7. The predicted octanol–water partition coefficient (Wildman–Crippen LogP) is 4.28. The third kappa shape index (κ3) is 5.76. The van der Waals surface area contributed by atoms with Crippen molar-refractivity contribution in [2.45, 2.75) is 12.1 Å². The van der Waals surface area contributed by atoms with Gasteiger partial charge in [0.05, 0.1) is 29.0 Å². The van der Waals surface area contributed by atoms with E-state index < -0.39 is 0 Å². The fourth-order valence-corrected chi connectivity index (χ4v) is 5.43. The standard InChI is InChI=1S/C30H28N4O5S/c1-2-39-30(38)33-17-15-32(16-18-33)27(36)22-13-14-24-25(19-22)31-29(34(28(24)37)23-11-7-4-8-12-23)40-20-26(35)21-9-5-3-6-10-21/h3-14,19H,2,15-18,20H2,1H3. The second kappa shape index (κ2) is 12.2. The third-order valence-corrected chi connectivity index (χ3v) is 7.56. The maximum atomic E-state index is 13.7. The van der Waals surface area contributed by atoms with Gasteiger partial charge in [0.1, 0.15) is 0 Å². The second-order valence-electron chi connectivity index (χ2n) is 9.16. The van der Waals surface area contributed by atoms with Crippen LogP contribution in [0.15, 0.2) is 88.8 Å². The van der Waals surface area contributed by atoms with Crippen molar-refractivity contribution < 1.29 is 19.1 Å². The van der Waals surface area contributed by atoms with Gasteiger partial charge in [0.2, 0.25) is 0 Å². The Morgan fingerprint density at radius 1 is 0.850 bits per heavy atom. The largest absolute Gasteiger partial charge is 0.450 e. The van der Waals surface area contributed by atoms with E-state index in [1.165, 1.54) is 16.3 Å². The molecule has 2 amide bonds. The smallest absolute Gasteiger partial charge is 0.409 e. The Morgan fingerprint density at radius 2 is 1.50 bits per heavy atom. The Hall–Kier alpha value is -4.44. The quantitative estimate of drug-likeness (QED) is 0.190. The average Bonchev–Trinajstić information content (AvgIpc) is 3.00. The molecule has 4 aromatic rings. The van der Waals surface area contributed by atoms with Crippen molar-refractivity contribution in [2.75, 3.05) is 38.5 Å². The fraction of sp³-hybridized carbons (Fsp3) is 0.233. The number of carbonyl (C=O) groups is 3. The minimum atomic E-state index is -0.380. The number of aromatic nitrogens is 2. The summed E-state index contributed by atoms with van der Waals surface area (Å²) in [5, 5.41) is 0.729. The van der Waals surface area contributed by atoms with E-state index in [4.69, 9.17) is 9.72 Å². The van der Waals surface area contributed by atoms with Gasteiger partial charge in [-0.15, -0.1) is 0 Å². The van der Waals surface area contributed by atoms with Gasteiger partial charge < -0.3 is 14.5 Å². The number of carbonyl (C=O) groups excluding carboxylic acids is 3. The molecule has 9 nitrogen and oxygen atoms in total. The lowest BCUT2D eigenvalue weighted by Crippen LogP contribution is -2.50. The summed E-state index contributed by atoms with van der Waals surface area (Å²) in [5.41, 5.74) is 1.71. The summed E-state index contributed by atoms with van der Waals surface area (Å²) in [5.74, 6) is -0.184. The summed E-state index contributed by atoms with van der Waals surface area (Å²) in [4.78, 5) is 59.8. The van der Waals surface area contributed by atoms with E-state index in [9.17, 15) is 19.2 Å². The number of amides is 2. The zero-order valence-electron chi connectivity index (χ0n) is 22.0. The molecule has 0 spiro atoms. The van der Waals surface area contributed by atoms with Crippen LogP contribution in [0.1, 0.15) is 27.6 Å². The van der Waals surface area contributed by atoms with Crippen molar-refractivity contribution in [2.24, 2.45) is 0 Å². The summed E-state index contributed by atoms with van der Waals surface area (Å²) in [6.07, 6.45) is -0.380. The highest BCUT2D eigenvalue weighted by Crippen LogP contribution is 2.23. The molecule has 10 heteroatoms. The molecule has 0 bridgehead atoms. The van der Waals surface area contributed by atoms with E-state index in [0.29, 0.717) is 65.7 Å². The molecule has 1 fully saturated rings. The molecule has 1 aliphatic heterocycles. The summed E-state index contributed by atoms with van der Waals surface area (Å²) in [7, 11) is 0. The molecule has 0 atom stereocenters. The molecule has 2 heterocycles. The van der Waals surface area contributed by atoms with Crippen molar-refractivity contribution in [1.29, 1.82) is 0 Å². The normalized spacial score (nSPS) is 13.3. The highest BCUT2D eigenvalue weighted by Gasteiger charge is 2.26. The molecule has 1 aromatic heterocycles. The monoisotopic (exact) mass is 556 g/mol. The van der Waals surface area contributed by atoms with Crippen LogP contribution in [-0.4, -0.2) is 75.7 Å². The summed E-state index contributed by atoms with van der Waals surface area (Å²) in [6.45, 7) is 3.57. The number of ether oxygens (including phenoxy) is 1. The number of fused-ring (bicyclic) bond motifs is 1. The van der Waals surface area contributed by atoms with Gasteiger partial charge >= 0.3 is 6.09 Å². The van der Waals surface area contributed by atoms with Crippen LogP contribution in [0, 0.1) is 0 Å². The van der Waals surface area contributed by atoms with Gasteiger partial charge in [0.25, 0.3) is 11.5 Å². The zero-order valence-corrected chi connectivity index (χ0v) is 22.8. The Morgan fingerprint density at radius 3 is 2.17 bits per heavy atom. The van der Waals surface area contributed by atoms with Crippen molar-refractivity contribution >= 4 is 40.4 Å². The number of ketones is 1. The Kier molecular flexibility index (Phi) is 8.26. The van der Waals surface area contributed by atoms with Crippen LogP contribution < -0.4 is 5.56 Å². The van der Waals surface area contributed by atoms with E-state index >= 15 is 0 Å². The second-order valence-corrected chi connectivity index (χ2v) is 10.1. The Balaban J connectivity index is 1.44. The van der Waals surface area contributed by atoms with Gasteiger partial charge in [-0.3, -0.25) is 19.0 Å². The number of benzene rings is 3. The average molecular weight is 557 g/mol. The van der Waals surface area contributed by atoms with Crippen LogP contribution in [0.25, 0.3) is 16.6 Å². The topological polar surface area (TPSA) is 102 Å². The maximum Gasteiger partial charge on any atom is 0.409 e. The molecule has 0 aliphatic carbocycles. The molecule has 0 unspecified atom stereocenters. The summed E-state index contributed by atoms with van der Waals surface area (Å²) in [6, 6.07) is 23.0. The molecule has 204 valence electrons. The number of rotatable bonds is 7. The number of nitrogens with zero attached hydrogens (tertiary/aromatic N) is 4. The van der Waals surface area contributed by atoms with E-state index in [1.54, 1.807) is 59.2 Å². The van der Waals surface area contributed by atoms with Crippen molar-refractivity contribution in [3.8, 4) is 5.69 Å². The third-order valence-electron chi connectivity index (χ3n) is 6.62. The van der Waals surface area contributed by atoms with Crippen molar-refractivity contribution in [3.05, 3.63) is 100 Å². The minimum Gasteiger partial charge on any atom is -0.450 e. The molecular formula is C30H28N4O5S. The summed E-state index contributed by atoms with van der Waals surface area (Å²) < 4.78 is 6.56. The first-order valence-corrected chi connectivity index (χ1v) is 14.0. The number of piperazine rings is 1. The van der Waals surface area contributed by atoms with E-state index in [-0.39, 0.29) is 29.1 Å². The predicted molar refractivity (Wildman–Crippen MR) is 153 cm³/mol. The van der Waals surface area contributed by atoms with Gasteiger partial charge in [-0.25, -0.2) is 9.78 Å². The van der Waals surface area contributed by atoms with Gasteiger partial charge in [0, 0.05) is 37.3 Å². The van der Waals surface area contributed by atoms with E-state index in [1.807, 2.05) is 36.4 Å². The molecule has 0 radical (unpaired) electrons. The van der Waals surface area contributed by atoms with Gasteiger partial charge in [-0.05, 0) is 37.3 Å². The molecule has 3 aromatic carbocycles. The number of Topliss-reactive ketones (excluding diaryl/α,β-unsaturated/α-hetero) is 1. The first kappa shape index (κ1) is 27.1. The maximum absolute atomic E-state index is 13.7. The van der Waals surface area contributed by atoms with Crippen LogP contribution >= 0.6 is 11.8 Å². The highest BCUT2D eigenvalue weighted by molar-refractivity contribution is 7.99. The van der Waals surface area contributed by atoms with Gasteiger partial charge in [-0.2, -0.15) is 0 Å². The van der Waals surface area contributed by atoms with Crippen LogP contribution in [0.3, 0.4) is 0 Å². The molecule has 0 N–H and O–H groups in total. The van der Waals surface area contributed by atoms with Crippen LogP contribution in [-0.2, 0) is 4.74 Å². The van der Waals surface area contributed by atoms with Crippen molar-refractivity contribution in [3.63, 3.8) is 0 Å². The van der Waals surface area contributed by atoms with Gasteiger partial charge in [-0.1, -0.05) is 60.3 Å². The molecule has 0 saturated carbocycles. The highest BCUT2D eigenvalue weighted by atomic mass is 32.2. The molecule has 1 aliphatic rings. The van der Waals surface area contributed by atoms with E-state index in [0.717, 1.165) is 0 Å². The molecular weight excluding hydrogens is 528 g/mol. The number of hydrogen-bond donors (Lipinski definition) is 0. The zero-order chi connectivity index (χ0) is 28.1. The lowest BCUT2D eigenvalue weighted by Gasteiger charge is -2.34. The van der Waals surface area contributed by atoms with Crippen LogP contribution in [0.2, 0.25) is 0 Å². The van der Waals surface area contributed by atoms with Gasteiger partial charge in [0.15, 0.2) is 10.9 Å². The Labute approximate surface area is 235 Å². The Bertz CT molecular complexity index is 1600. The molecule has 40 heavy (non-hydrogen) atoms. The number of thioether (sulfide) groups is 1. The SMILES string of the molecule is CCOC(=O)N1CCN(C(=O)c2ccc3c(=O)n(-c4ccccc4)c(SCC(=O)c4ccccc4)nc3c2)CC1. The van der Waals surface area contributed by atoms with E-state index in [2.05, 4.69) is 0 Å². The number of para-hydroxylation sites is 1. The lowest BCUT2D eigenvalue weighted by molar-refractivity contribution is 0.0570. The van der Waals surface area contributed by atoms with Crippen LogP contribution in [0.4, 0.5) is 4.79 Å². The van der Waals surface area contributed by atoms with Crippen LogP contribution in [0.5, 0.6) is 0 Å². The first-order chi connectivity index (χ1) is 19.5. The minimum absolute atomic E-state index is 0.0783. The first-order valence-electron chi connectivity index (χ1n) is 13.0. The van der Waals surface area contributed by atoms with Crippen molar-refractivity contribution in [1.82, 2.24) is 19.4 Å². The lowest BCUT2D eigenvalue weighted by atomic mass is 10.1. The molecule has 5 rings (SSSR count). The summed E-state index contributed by atoms with van der Waals surface area (Å²) >= 11 is 1.18. The molecule has 1 saturated heterocycles.